The number of piperidine rings is 1. The lowest BCUT2D eigenvalue weighted by Crippen LogP contribution is -2.40. The number of aromatic nitrogens is 5. The van der Waals surface area contributed by atoms with E-state index in [1.54, 1.807) is 6.20 Å². The molecule has 3 heterocycles. The van der Waals surface area contributed by atoms with Gasteiger partial charge in [0.05, 0.1) is 12.1 Å². The zero-order valence-corrected chi connectivity index (χ0v) is 13.0. The summed E-state index contributed by atoms with van der Waals surface area (Å²) in [4.78, 5) is 22.2. The zero-order valence-electron chi connectivity index (χ0n) is 12.2. The number of hydrogen-bond acceptors (Lipinski definition) is 6. The Hall–Kier alpha value is -2.03. The van der Waals surface area contributed by atoms with Crippen molar-refractivity contribution in [3.63, 3.8) is 0 Å². The molecule has 8 nitrogen and oxygen atoms in total. The fourth-order valence-electron chi connectivity index (χ4n) is 2.60. The van der Waals surface area contributed by atoms with Gasteiger partial charge in [-0.2, -0.15) is 4.98 Å². The number of rotatable bonds is 5. The van der Waals surface area contributed by atoms with E-state index in [0.717, 1.165) is 32.5 Å². The third kappa shape index (κ3) is 3.79. The summed E-state index contributed by atoms with van der Waals surface area (Å²) < 4.78 is 2.10. The number of nitrogens with zero attached hydrogens (tertiary/aromatic N) is 5. The Morgan fingerprint density at radius 1 is 1.45 bits per heavy atom. The van der Waals surface area contributed by atoms with Gasteiger partial charge in [-0.15, -0.1) is 5.10 Å². The Kier molecular flexibility index (Phi) is 4.62. The van der Waals surface area contributed by atoms with Gasteiger partial charge in [-0.1, -0.05) is 11.8 Å². The van der Waals surface area contributed by atoms with E-state index in [1.807, 2.05) is 17.4 Å². The number of likely N-dealkylation sites (tertiary alicyclic amines) is 1. The van der Waals surface area contributed by atoms with Crippen LogP contribution in [0.3, 0.4) is 0 Å². The van der Waals surface area contributed by atoms with Gasteiger partial charge in [0.25, 0.3) is 0 Å². The van der Waals surface area contributed by atoms with E-state index in [2.05, 4.69) is 24.7 Å². The molecule has 0 unspecified atom stereocenters. The summed E-state index contributed by atoms with van der Waals surface area (Å²) >= 11 is 1.31. The third-order valence-electron chi connectivity index (χ3n) is 3.80. The Labute approximate surface area is 132 Å². The number of nitrogens with one attached hydrogen (secondary N) is 1. The molecule has 3 N–H and O–H groups in total. The summed E-state index contributed by atoms with van der Waals surface area (Å²) in [6.45, 7) is 2.61. The molecule has 1 amide bonds. The highest BCUT2D eigenvalue weighted by Gasteiger charge is 2.23. The van der Waals surface area contributed by atoms with Crippen molar-refractivity contribution < 1.29 is 4.79 Å². The minimum absolute atomic E-state index is 0.134. The summed E-state index contributed by atoms with van der Waals surface area (Å²) in [5.74, 6) is 1.37. The predicted molar refractivity (Wildman–Crippen MR) is 83.1 cm³/mol. The molecule has 1 fully saturated rings. The van der Waals surface area contributed by atoms with Crippen LogP contribution in [0, 0.1) is 5.92 Å². The maximum absolute atomic E-state index is 12.2. The first-order valence-electron chi connectivity index (χ1n) is 7.25. The molecule has 0 radical (unpaired) electrons. The first-order valence-corrected chi connectivity index (χ1v) is 8.23. The topological polar surface area (TPSA) is 106 Å². The molecule has 1 saturated heterocycles. The monoisotopic (exact) mass is 321 g/mol. The molecular formula is C13H19N7OS. The second-order valence-corrected chi connectivity index (χ2v) is 6.32. The summed E-state index contributed by atoms with van der Waals surface area (Å²) in [5, 5.41) is 6.99. The lowest BCUT2D eigenvalue weighted by Gasteiger charge is -2.32. The molecule has 118 valence electrons. The highest BCUT2D eigenvalue weighted by molar-refractivity contribution is 7.99. The van der Waals surface area contributed by atoms with Crippen molar-refractivity contribution in [3.05, 3.63) is 18.7 Å². The van der Waals surface area contributed by atoms with Crippen LogP contribution in [-0.2, 0) is 11.3 Å². The number of H-pyrrole nitrogens is 1. The lowest BCUT2D eigenvalue weighted by atomic mass is 9.97. The van der Waals surface area contributed by atoms with Crippen LogP contribution >= 0.6 is 11.8 Å². The van der Waals surface area contributed by atoms with Gasteiger partial charge in [-0.05, 0) is 18.8 Å². The van der Waals surface area contributed by atoms with Gasteiger partial charge in [0.1, 0.15) is 0 Å². The fourth-order valence-corrected chi connectivity index (χ4v) is 3.31. The van der Waals surface area contributed by atoms with E-state index in [1.165, 1.54) is 11.8 Å². The molecule has 0 atom stereocenters. The van der Waals surface area contributed by atoms with Crippen LogP contribution < -0.4 is 5.73 Å². The number of imidazole rings is 1. The number of nitrogen functional groups attached to an aromatic ring is 1. The predicted octanol–water partition coefficient (Wildman–Crippen LogP) is 0.614. The number of anilines is 1. The van der Waals surface area contributed by atoms with Gasteiger partial charge in [-0.3, -0.25) is 4.79 Å². The van der Waals surface area contributed by atoms with Crippen LogP contribution in [0.4, 0.5) is 5.95 Å². The quantitative estimate of drug-likeness (QED) is 0.782. The van der Waals surface area contributed by atoms with E-state index in [-0.39, 0.29) is 11.9 Å². The van der Waals surface area contributed by atoms with Crippen molar-refractivity contribution in [3.8, 4) is 0 Å². The molecule has 2 aromatic heterocycles. The van der Waals surface area contributed by atoms with E-state index in [9.17, 15) is 4.79 Å². The minimum atomic E-state index is 0.134. The average Bonchev–Trinajstić information content (AvgIpc) is 3.17. The number of nitrogens with two attached hydrogens (primary N) is 1. The molecule has 1 aliphatic rings. The molecule has 0 aromatic carbocycles. The largest absolute Gasteiger partial charge is 0.368 e. The number of carbonyl (C=O) groups excluding carboxylic acids is 1. The summed E-state index contributed by atoms with van der Waals surface area (Å²) in [6, 6.07) is 0. The molecular weight excluding hydrogens is 302 g/mol. The van der Waals surface area contributed by atoms with Crippen LogP contribution in [0.25, 0.3) is 0 Å². The molecule has 0 bridgehead atoms. The second-order valence-electron chi connectivity index (χ2n) is 5.38. The van der Waals surface area contributed by atoms with Crippen molar-refractivity contribution in [2.75, 3.05) is 24.6 Å². The highest BCUT2D eigenvalue weighted by Crippen LogP contribution is 2.21. The minimum Gasteiger partial charge on any atom is -0.368 e. The molecule has 0 spiro atoms. The smallest absolute Gasteiger partial charge is 0.233 e. The van der Waals surface area contributed by atoms with Gasteiger partial charge in [-0.25, -0.2) is 10.1 Å². The maximum atomic E-state index is 12.2. The molecule has 3 rings (SSSR count). The van der Waals surface area contributed by atoms with Gasteiger partial charge >= 0.3 is 0 Å². The van der Waals surface area contributed by atoms with Gasteiger partial charge in [0, 0.05) is 32.0 Å². The first kappa shape index (κ1) is 14.9. The molecule has 0 aliphatic carbocycles. The van der Waals surface area contributed by atoms with Gasteiger partial charge in [0.15, 0.2) is 0 Å². The lowest BCUT2D eigenvalue weighted by molar-refractivity contribution is -0.129. The number of thioether (sulfide) groups is 1. The summed E-state index contributed by atoms with van der Waals surface area (Å²) in [6.07, 6.45) is 7.68. The summed E-state index contributed by atoms with van der Waals surface area (Å²) in [5.41, 5.74) is 5.45. The standard InChI is InChI=1S/C13H19N7OS/c14-12-16-13(18-17-12)22-8-11(21)20-4-1-10(2-5-20)7-19-6-3-15-9-19/h3,6,9-10H,1-2,4-5,7-8H2,(H3,14,16,17,18). The van der Waals surface area contributed by atoms with Crippen molar-refractivity contribution in [2.24, 2.45) is 5.92 Å². The molecule has 9 heteroatoms. The van der Waals surface area contributed by atoms with E-state index in [4.69, 9.17) is 5.73 Å². The van der Waals surface area contributed by atoms with E-state index < -0.39 is 0 Å². The van der Waals surface area contributed by atoms with Crippen LogP contribution in [0.2, 0.25) is 0 Å². The Balaban J connectivity index is 1.41. The fraction of sp³-hybridized carbons (Fsp3) is 0.538. The zero-order chi connectivity index (χ0) is 15.4. The van der Waals surface area contributed by atoms with Crippen molar-refractivity contribution in [1.82, 2.24) is 29.6 Å². The first-order chi connectivity index (χ1) is 10.7. The molecule has 2 aromatic rings. The number of carbonyl (C=O) groups is 1. The number of hydrogen-bond donors (Lipinski definition) is 2. The van der Waals surface area contributed by atoms with Gasteiger partial charge < -0.3 is 15.2 Å². The second kappa shape index (κ2) is 6.82. The average molecular weight is 321 g/mol. The molecule has 0 saturated carbocycles. The van der Waals surface area contributed by atoms with Crippen molar-refractivity contribution >= 4 is 23.6 Å². The van der Waals surface area contributed by atoms with Crippen molar-refractivity contribution in [2.45, 2.75) is 24.5 Å². The number of aromatic amines is 1. The third-order valence-corrected chi connectivity index (χ3v) is 4.63. The maximum Gasteiger partial charge on any atom is 0.233 e. The Bertz CT molecular complexity index is 604. The molecule has 22 heavy (non-hydrogen) atoms. The SMILES string of the molecule is Nc1nc(SCC(=O)N2CCC(Cn3ccnc3)CC2)n[nH]1. The molecule has 1 aliphatic heterocycles. The normalized spacial score (nSPS) is 16.1. The summed E-state index contributed by atoms with van der Waals surface area (Å²) in [7, 11) is 0. The highest BCUT2D eigenvalue weighted by atomic mass is 32.2. The van der Waals surface area contributed by atoms with Crippen LogP contribution in [0.15, 0.2) is 23.9 Å². The van der Waals surface area contributed by atoms with Crippen LogP contribution in [0.1, 0.15) is 12.8 Å². The number of amides is 1. The Morgan fingerprint density at radius 2 is 2.27 bits per heavy atom. The Morgan fingerprint density at radius 3 is 2.91 bits per heavy atom. The van der Waals surface area contributed by atoms with Gasteiger partial charge in [0.2, 0.25) is 17.0 Å². The van der Waals surface area contributed by atoms with Crippen LogP contribution in [0.5, 0.6) is 0 Å². The van der Waals surface area contributed by atoms with E-state index in [0.29, 0.717) is 16.8 Å². The van der Waals surface area contributed by atoms with Crippen molar-refractivity contribution in [1.29, 1.82) is 0 Å². The van der Waals surface area contributed by atoms with E-state index >= 15 is 0 Å². The van der Waals surface area contributed by atoms with Crippen LogP contribution in [-0.4, -0.2) is 54.4 Å².